The lowest BCUT2D eigenvalue weighted by Crippen LogP contribution is -2.71. The molecule has 19 heteroatoms. The van der Waals surface area contributed by atoms with E-state index in [-0.39, 0.29) is 29.0 Å². The molecule has 2 aromatic rings. The van der Waals surface area contributed by atoms with Crippen molar-refractivity contribution in [1.29, 1.82) is 0 Å². The van der Waals surface area contributed by atoms with Crippen molar-refractivity contribution in [3.05, 3.63) is 29.5 Å². The molecule has 4 heterocycles. The summed E-state index contributed by atoms with van der Waals surface area (Å²) < 4.78 is 7.13. The molecule has 1 saturated heterocycles. The normalized spacial score (nSPS) is 18.9. The van der Waals surface area contributed by atoms with Crippen molar-refractivity contribution >= 4 is 70.0 Å². The maximum Gasteiger partial charge on any atom is 0.344 e. The number of aliphatic carboxylic acids is 2. The number of carboxylic acid groups (broad SMARTS) is 2. The third-order valence-electron chi connectivity index (χ3n) is 5.34. The predicted octanol–water partition coefficient (Wildman–Crippen LogP) is -3.78. The van der Waals surface area contributed by atoms with Gasteiger partial charge in [0.05, 0.1) is 17.9 Å². The number of β-lactam (4-membered cyclic amide) rings is 1. The van der Waals surface area contributed by atoms with E-state index < -0.39 is 47.5 Å². The molecule has 0 radical (unpaired) electrons. The molecule has 0 aromatic carbocycles. The van der Waals surface area contributed by atoms with Crippen LogP contribution in [0.3, 0.4) is 0 Å². The van der Waals surface area contributed by atoms with Crippen LogP contribution < -0.4 is 26.2 Å². The van der Waals surface area contributed by atoms with Crippen LogP contribution in [0.25, 0.3) is 0 Å². The number of hydrogen-bond donors (Lipinski definition) is 4. The van der Waals surface area contributed by atoms with Crippen molar-refractivity contribution in [2.45, 2.75) is 18.0 Å². The first kappa shape index (κ1) is 26.5. The van der Waals surface area contributed by atoms with Crippen LogP contribution in [0.1, 0.15) is 5.82 Å². The number of anilines is 2. The van der Waals surface area contributed by atoms with Gasteiger partial charge < -0.3 is 36.2 Å². The summed E-state index contributed by atoms with van der Waals surface area (Å²) in [7, 11) is 1.69. The highest BCUT2D eigenvalue weighted by Gasteiger charge is 2.53. The third-order valence-corrected chi connectivity index (χ3v) is 7.22. The summed E-state index contributed by atoms with van der Waals surface area (Å²) >= 11 is 1.98. The van der Waals surface area contributed by atoms with E-state index in [1.165, 1.54) is 11.8 Å². The number of aromatic nitrogens is 4. The Balaban J connectivity index is 1.53. The Bertz CT molecular complexity index is 1380. The first-order valence-electron chi connectivity index (χ1n) is 10.6. The summed E-state index contributed by atoms with van der Waals surface area (Å²) in [6.45, 7) is -0.755. The van der Waals surface area contributed by atoms with Crippen molar-refractivity contribution in [2.24, 2.45) is 12.2 Å². The van der Waals surface area contributed by atoms with Crippen LogP contribution in [-0.4, -0.2) is 83.7 Å². The Morgan fingerprint density at radius 2 is 2.21 bits per heavy atom. The maximum absolute atomic E-state index is 13.0. The lowest BCUT2D eigenvalue weighted by atomic mass is 10.0. The Morgan fingerprint density at radius 3 is 2.84 bits per heavy atom. The standard InChI is InChI=1S/C19H19N9O8S2/c1-26-3-9(21-7-29)4-27(26)2-8-6-37-17-12(16(33)28(17)13(8)18(34)35)22-15(32)11(24-36-5-10(30)31)14-23-19(20)38-25-14/h3-4,7,12,17H,2,5-6H2,1H3,(H5-,20,21,22,23,25,29,30,31,32,34,35)/t12-,17-/m1/s1. The molecule has 2 aliphatic rings. The van der Waals surface area contributed by atoms with E-state index in [1.807, 2.05) is 0 Å². The number of fused-ring (bicyclic) bond motifs is 1. The van der Waals surface area contributed by atoms with Crippen molar-refractivity contribution in [3.8, 4) is 0 Å². The Hall–Kier alpha value is -4.52. The zero-order valence-corrected chi connectivity index (χ0v) is 21.0. The predicted molar refractivity (Wildman–Crippen MR) is 127 cm³/mol. The number of carboxylic acids is 2. The lowest BCUT2D eigenvalue weighted by Gasteiger charge is -2.50. The van der Waals surface area contributed by atoms with Crippen LogP contribution in [-0.2, 0) is 42.4 Å². The van der Waals surface area contributed by atoms with Gasteiger partial charge in [-0.2, -0.15) is 14.0 Å². The lowest BCUT2D eigenvalue weighted by molar-refractivity contribution is -0.752. The van der Waals surface area contributed by atoms with Gasteiger partial charge in [-0.1, -0.05) is 5.16 Å². The minimum Gasteiger partial charge on any atom is -0.543 e. The Kier molecular flexibility index (Phi) is 7.57. The fraction of sp³-hybridized carbons (Fsp3) is 0.316. The van der Waals surface area contributed by atoms with Gasteiger partial charge in [-0.3, -0.25) is 19.3 Å². The molecule has 0 saturated carbocycles. The molecule has 0 bridgehead atoms. The Morgan fingerprint density at radius 1 is 1.45 bits per heavy atom. The maximum atomic E-state index is 13.0. The summed E-state index contributed by atoms with van der Waals surface area (Å²) in [5.41, 5.74) is 5.61. The molecule has 2 atom stereocenters. The fourth-order valence-electron chi connectivity index (χ4n) is 3.73. The van der Waals surface area contributed by atoms with Crippen LogP contribution >= 0.6 is 23.3 Å². The van der Waals surface area contributed by atoms with Crippen LogP contribution in [0, 0.1) is 0 Å². The number of amides is 3. The number of thioether (sulfide) groups is 1. The molecule has 200 valence electrons. The molecule has 2 aromatic heterocycles. The van der Waals surface area contributed by atoms with E-state index in [9.17, 15) is 29.1 Å². The number of nitrogens with two attached hydrogens (primary N) is 1. The van der Waals surface area contributed by atoms with E-state index in [4.69, 9.17) is 10.8 Å². The van der Waals surface area contributed by atoms with Crippen LogP contribution in [0.5, 0.6) is 0 Å². The minimum absolute atomic E-state index is 0.00823. The van der Waals surface area contributed by atoms with Gasteiger partial charge in [0.25, 0.3) is 11.8 Å². The van der Waals surface area contributed by atoms with Crippen molar-refractivity contribution in [2.75, 3.05) is 23.4 Å². The minimum atomic E-state index is -1.56. The zero-order chi connectivity index (χ0) is 27.6. The van der Waals surface area contributed by atoms with Gasteiger partial charge in [-0.05, 0) is 5.57 Å². The van der Waals surface area contributed by atoms with Crippen LogP contribution in [0.15, 0.2) is 28.8 Å². The highest BCUT2D eigenvalue weighted by Crippen LogP contribution is 2.40. The van der Waals surface area contributed by atoms with Crippen LogP contribution in [0.4, 0.5) is 10.8 Å². The fourth-order valence-corrected chi connectivity index (χ4v) is 5.50. The highest BCUT2D eigenvalue weighted by molar-refractivity contribution is 8.00. The molecular formula is C19H19N9O8S2. The third kappa shape index (κ3) is 5.27. The first-order chi connectivity index (χ1) is 18.1. The number of carbonyl (C=O) groups is 5. The average molecular weight is 566 g/mol. The number of nitrogen functional groups attached to an aromatic ring is 1. The first-order valence-corrected chi connectivity index (χ1v) is 12.4. The SMILES string of the molecule is C[n+]1cc(NC=O)cn1CC1=C(C(=O)[O-])N2C(=O)[C@@H](NC(=O)C(=NOCC(=O)O)c3nsc(N)n3)[C@H]2SC1. The number of carbonyl (C=O) groups excluding carboxylic acids is 4. The van der Waals surface area contributed by atoms with E-state index in [1.54, 1.807) is 28.8 Å². The topological polar surface area (TPSA) is 238 Å². The summed E-state index contributed by atoms with van der Waals surface area (Å²) in [5, 5.41) is 28.5. The van der Waals surface area contributed by atoms with Crippen LogP contribution in [0.2, 0.25) is 0 Å². The average Bonchev–Trinajstić information content (AvgIpc) is 3.44. The molecule has 0 aliphatic carbocycles. The van der Waals surface area contributed by atoms with Gasteiger partial charge >= 0.3 is 5.97 Å². The number of nitrogens with one attached hydrogen (secondary N) is 2. The van der Waals surface area contributed by atoms with Gasteiger partial charge in [0.2, 0.25) is 30.7 Å². The molecule has 17 nitrogen and oxygen atoms in total. The van der Waals surface area contributed by atoms with Crippen molar-refractivity contribution in [1.82, 2.24) is 24.3 Å². The number of rotatable bonds is 11. The Labute approximate surface area is 221 Å². The van der Waals surface area contributed by atoms with E-state index in [0.717, 1.165) is 16.4 Å². The highest BCUT2D eigenvalue weighted by atomic mass is 32.2. The molecule has 1 fully saturated rings. The van der Waals surface area contributed by atoms with E-state index in [0.29, 0.717) is 17.7 Å². The van der Waals surface area contributed by atoms with E-state index in [2.05, 4.69) is 30.0 Å². The molecule has 0 unspecified atom stereocenters. The van der Waals surface area contributed by atoms with Gasteiger partial charge in [0, 0.05) is 17.3 Å². The zero-order valence-electron chi connectivity index (χ0n) is 19.4. The molecular weight excluding hydrogens is 546 g/mol. The summed E-state index contributed by atoms with van der Waals surface area (Å²) in [4.78, 5) is 68.9. The molecule has 3 amide bonds. The van der Waals surface area contributed by atoms with Crippen molar-refractivity contribution in [3.63, 3.8) is 0 Å². The molecule has 0 spiro atoms. The van der Waals surface area contributed by atoms with E-state index >= 15 is 0 Å². The number of oxime groups is 1. The second kappa shape index (κ2) is 10.8. The quantitative estimate of drug-likeness (QED) is 0.0675. The second-order valence-electron chi connectivity index (χ2n) is 7.81. The smallest absolute Gasteiger partial charge is 0.344 e. The molecule has 2 aliphatic heterocycles. The summed E-state index contributed by atoms with van der Waals surface area (Å²) in [6.07, 6.45) is 3.73. The van der Waals surface area contributed by atoms with Gasteiger partial charge in [-0.25, -0.2) is 4.79 Å². The second-order valence-corrected chi connectivity index (χ2v) is 9.70. The van der Waals surface area contributed by atoms with Gasteiger partial charge in [0.1, 0.15) is 23.6 Å². The molecule has 4 rings (SSSR count). The number of hydrogen-bond acceptors (Lipinski definition) is 13. The molecule has 5 N–H and O–H groups in total. The number of aryl methyl sites for hydroxylation is 1. The largest absolute Gasteiger partial charge is 0.543 e. The molecule has 38 heavy (non-hydrogen) atoms. The van der Waals surface area contributed by atoms with Crippen molar-refractivity contribution < 1.29 is 43.7 Å². The van der Waals surface area contributed by atoms with Gasteiger partial charge in [0.15, 0.2) is 12.2 Å². The summed E-state index contributed by atoms with van der Waals surface area (Å²) in [6, 6.07) is -1.13. The number of nitrogens with zero attached hydrogens (tertiary/aromatic N) is 6. The summed E-state index contributed by atoms with van der Waals surface area (Å²) in [5.74, 6) is -4.60. The monoisotopic (exact) mass is 565 g/mol. The van der Waals surface area contributed by atoms with Gasteiger partial charge in [-0.15, -0.1) is 16.4 Å².